The summed E-state index contributed by atoms with van der Waals surface area (Å²) in [7, 11) is 0. The molecule has 2 N–H and O–H groups in total. The summed E-state index contributed by atoms with van der Waals surface area (Å²) in [5, 5.41) is 0. The number of amides is 1. The second-order valence-electron chi connectivity index (χ2n) is 6.48. The zero-order valence-corrected chi connectivity index (χ0v) is 15.8. The molecule has 3 nitrogen and oxygen atoms in total. The molecule has 0 aliphatic heterocycles. The lowest BCUT2D eigenvalue weighted by Crippen LogP contribution is -2.30. The summed E-state index contributed by atoms with van der Waals surface area (Å²) >= 11 is 0. The molecule has 2 unspecified atom stereocenters. The van der Waals surface area contributed by atoms with Gasteiger partial charge in [0, 0.05) is 5.92 Å². The van der Waals surface area contributed by atoms with E-state index in [1.807, 2.05) is 29.2 Å². The summed E-state index contributed by atoms with van der Waals surface area (Å²) in [5.41, 5.74) is 10.2. The third-order valence-electron chi connectivity index (χ3n) is 4.99. The minimum atomic E-state index is 0. The van der Waals surface area contributed by atoms with Crippen molar-refractivity contribution in [3.05, 3.63) is 59.7 Å². The van der Waals surface area contributed by atoms with Gasteiger partial charge in [-0.25, -0.2) is 0 Å². The van der Waals surface area contributed by atoms with Crippen LogP contribution in [0.25, 0.3) is 0 Å². The molecule has 0 radical (unpaired) electrons. The van der Waals surface area contributed by atoms with Crippen molar-refractivity contribution in [1.29, 1.82) is 0 Å². The zero-order chi connectivity index (χ0) is 17.1. The van der Waals surface area contributed by atoms with Gasteiger partial charge in [-0.05, 0) is 55.0 Å². The van der Waals surface area contributed by atoms with E-state index in [2.05, 4.69) is 38.1 Å². The molecule has 0 bridgehead atoms. The standard InChI is InChI=1S/C21H26N2O.ClH/c1-3-15-9-5-7-11-19(15)23(21(24)18-13-17(18)14-22)20-12-8-6-10-16(20)4-2;/h5-12,17-18H,3-4,13-14,22H2,1-2H3;1H. The number of carbonyl (C=O) groups is 1. The fourth-order valence-corrected chi connectivity index (χ4v) is 3.40. The number of anilines is 2. The minimum absolute atomic E-state index is 0. The summed E-state index contributed by atoms with van der Waals surface area (Å²) < 4.78 is 0. The largest absolute Gasteiger partial charge is 0.330 e. The van der Waals surface area contributed by atoms with Gasteiger partial charge in [0.2, 0.25) is 5.91 Å². The van der Waals surface area contributed by atoms with Gasteiger partial charge in [0.05, 0.1) is 11.4 Å². The van der Waals surface area contributed by atoms with Crippen LogP contribution in [0, 0.1) is 11.8 Å². The van der Waals surface area contributed by atoms with Crippen LogP contribution in [0.4, 0.5) is 11.4 Å². The number of carbonyl (C=O) groups excluding carboxylic acids is 1. The number of benzene rings is 2. The molecule has 4 heteroatoms. The molecule has 0 saturated heterocycles. The number of halogens is 1. The van der Waals surface area contributed by atoms with Crippen molar-refractivity contribution < 1.29 is 4.79 Å². The first-order valence-electron chi connectivity index (χ1n) is 8.91. The molecular formula is C21H27ClN2O. The molecule has 3 rings (SSSR count). The fraction of sp³-hybridized carbons (Fsp3) is 0.381. The Labute approximate surface area is 156 Å². The van der Waals surface area contributed by atoms with Crippen molar-refractivity contribution in [3.8, 4) is 0 Å². The molecule has 2 atom stereocenters. The van der Waals surface area contributed by atoms with Crippen molar-refractivity contribution in [2.75, 3.05) is 11.4 Å². The van der Waals surface area contributed by atoms with Gasteiger partial charge in [0.25, 0.3) is 0 Å². The van der Waals surface area contributed by atoms with Crippen LogP contribution in [0.15, 0.2) is 48.5 Å². The van der Waals surface area contributed by atoms with Gasteiger partial charge in [-0.2, -0.15) is 0 Å². The summed E-state index contributed by atoms with van der Waals surface area (Å²) in [5.74, 6) is 0.583. The summed E-state index contributed by atoms with van der Waals surface area (Å²) in [6.45, 7) is 4.86. The van der Waals surface area contributed by atoms with Crippen molar-refractivity contribution in [2.45, 2.75) is 33.1 Å². The molecule has 0 aromatic heterocycles. The van der Waals surface area contributed by atoms with E-state index in [0.29, 0.717) is 12.5 Å². The molecule has 1 aliphatic rings. The summed E-state index contributed by atoms with van der Waals surface area (Å²) in [6.07, 6.45) is 2.72. The molecule has 0 heterocycles. The molecule has 134 valence electrons. The fourth-order valence-electron chi connectivity index (χ4n) is 3.40. The number of para-hydroxylation sites is 2. The van der Waals surface area contributed by atoms with Crippen LogP contribution < -0.4 is 10.6 Å². The van der Waals surface area contributed by atoms with Crippen molar-refractivity contribution in [1.82, 2.24) is 0 Å². The second kappa shape index (κ2) is 8.50. The van der Waals surface area contributed by atoms with Crippen molar-refractivity contribution in [2.24, 2.45) is 17.6 Å². The SMILES string of the molecule is CCc1ccccc1N(C(=O)C1CC1CN)c1ccccc1CC.Cl. The molecule has 0 spiro atoms. The predicted octanol–water partition coefficient (Wildman–Crippen LogP) is 4.49. The maximum atomic E-state index is 13.3. The first kappa shape index (κ1) is 19.5. The number of nitrogens with two attached hydrogens (primary N) is 1. The molecule has 1 fully saturated rings. The topological polar surface area (TPSA) is 46.3 Å². The van der Waals surface area contributed by atoms with E-state index in [0.717, 1.165) is 30.6 Å². The Morgan fingerprint density at radius 1 is 1.00 bits per heavy atom. The van der Waals surface area contributed by atoms with Gasteiger partial charge < -0.3 is 5.73 Å². The lowest BCUT2D eigenvalue weighted by molar-refractivity contribution is -0.119. The van der Waals surface area contributed by atoms with E-state index < -0.39 is 0 Å². The number of aryl methyl sites for hydroxylation is 2. The van der Waals surface area contributed by atoms with Crippen LogP contribution in [0.2, 0.25) is 0 Å². The molecule has 1 amide bonds. The maximum Gasteiger partial charge on any atom is 0.235 e. The highest BCUT2D eigenvalue weighted by molar-refractivity contribution is 6.04. The number of rotatable bonds is 6. The maximum absolute atomic E-state index is 13.3. The second-order valence-corrected chi connectivity index (χ2v) is 6.48. The van der Waals surface area contributed by atoms with Crippen LogP contribution in [0.3, 0.4) is 0 Å². The lowest BCUT2D eigenvalue weighted by Gasteiger charge is -2.27. The lowest BCUT2D eigenvalue weighted by atomic mass is 10.0. The Morgan fingerprint density at radius 3 is 1.88 bits per heavy atom. The van der Waals surface area contributed by atoms with Crippen LogP contribution in [-0.4, -0.2) is 12.5 Å². The predicted molar refractivity (Wildman–Crippen MR) is 107 cm³/mol. The van der Waals surface area contributed by atoms with E-state index in [1.54, 1.807) is 0 Å². The number of hydrogen-bond donors (Lipinski definition) is 1. The van der Waals surface area contributed by atoms with Gasteiger partial charge in [-0.3, -0.25) is 9.69 Å². The Bertz CT molecular complexity index is 684. The Morgan fingerprint density at radius 2 is 1.48 bits per heavy atom. The van der Waals surface area contributed by atoms with Gasteiger partial charge in [0.15, 0.2) is 0 Å². The zero-order valence-electron chi connectivity index (χ0n) is 14.9. The van der Waals surface area contributed by atoms with E-state index >= 15 is 0 Å². The van der Waals surface area contributed by atoms with Crippen molar-refractivity contribution in [3.63, 3.8) is 0 Å². The highest BCUT2D eigenvalue weighted by Gasteiger charge is 2.45. The van der Waals surface area contributed by atoms with Gasteiger partial charge in [-0.1, -0.05) is 50.2 Å². The first-order chi connectivity index (χ1) is 11.7. The van der Waals surface area contributed by atoms with Crippen LogP contribution >= 0.6 is 12.4 Å². The average Bonchev–Trinajstić information content (AvgIpc) is 3.42. The first-order valence-corrected chi connectivity index (χ1v) is 8.91. The Hall–Kier alpha value is -1.84. The van der Waals surface area contributed by atoms with E-state index in [-0.39, 0.29) is 24.2 Å². The normalized spacial score (nSPS) is 18.4. The van der Waals surface area contributed by atoms with Gasteiger partial charge in [-0.15, -0.1) is 12.4 Å². The Balaban J connectivity index is 0.00000225. The molecule has 2 aromatic rings. The Kier molecular flexibility index (Phi) is 6.63. The highest BCUT2D eigenvalue weighted by atomic mass is 35.5. The van der Waals surface area contributed by atoms with Crippen LogP contribution in [-0.2, 0) is 17.6 Å². The van der Waals surface area contributed by atoms with Gasteiger partial charge in [0.1, 0.15) is 0 Å². The molecule has 1 saturated carbocycles. The van der Waals surface area contributed by atoms with E-state index in [9.17, 15) is 4.79 Å². The highest BCUT2D eigenvalue weighted by Crippen LogP contribution is 2.43. The van der Waals surface area contributed by atoms with Gasteiger partial charge >= 0.3 is 0 Å². The van der Waals surface area contributed by atoms with E-state index in [4.69, 9.17) is 5.73 Å². The van der Waals surface area contributed by atoms with Crippen LogP contribution in [0.1, 0.15) is 31.4 Å². The molecule has 25 heavy (non-hydrogen) atoms. The minimum Gasteiger partial charge on any atom is -0.330 e. The molecule has 1 aliphatic carbocycles. The number of nitrogens with zero attached hydrogens (tertiary/aromatic N) is 1. The van der Waals surface area contributed by atoms with Crippen LogP contribution in [0.5, 0.6) is 0 Å². The summed E-state index contributed by atoms with van der Waals surface area (Å²) in [6, 6.07) is 16.4. The van der Waals surface area contributed by atoms with Crippen molar-refractivity contribution >= 4 is 29.7 Å². The molecular weight excluding hydrogens is 332 g/mol. The summed E-state index contributed by atoms with van der Waals surface area (Å²) in [4.78, 5) is 15.2. The average molecular weight is 359 g/mol. The monoisotopic (exact) mass is 358 g/mol. The number of hydrogen-bond acceptors (Lipinski definition) is 2. The third kappa shape index (κ3) is 3.88. The smallest absolute Gasteiger partial charge is 0.235 e. The quantitative estimate of drug-likeness (QED) is 0.826. The van der Waals surface area contributed by atoms with E-state index in [1.165, 1.54) is 11.1 Å². The third-order valence-corrected chi connectivity index (χ3v) is 4.99. The molecule has 2 aromatic carbocycles.